The van der Waals surface area contributed by atoms with Crippen LogP contribution in [0.5, 0.6) is 0 Å². The first-order valence-corrected chi connectivity index (χ1v) is 7.71. The van der Waals surface area contributed by atoms with Crippen LogP contribution in [0.2, 0.25) is 0 Å². The lowest BCUT2D eigenvalue weighted by Crippen LogP contribution is -2.49. The number of carbonyl (C=O) groups excluding carboxylic acids is 3. The van der Waals surface area contributed by atoms with E-state index in [0.29, 0.717) is 19.4 Å². The Morgan fingerprint density at radius 2 is 2.13 bits per heavy atom. The Balaban J connectivity index is 2.67. The van der Waals surface area contributed by atoms with Gasteiger partial charge in [0.1, 0.15) is 11.4 Å². The number of likely N-dealkylation sites (tertiary alicyclic amines) is 1. The molecule has 128 valence electrons. The van der Waals surface area contributed by atoms with Gasteiger partial charge in [0.25, 0.3) is 0 Å². The van der Waals surface area contributed by atoms with E-state index in [1.807, 2.05) is 6.92 Å². The normalized spacial score (nSPS) is 20.0. The molecule has 2 atom stereocenters. The first kappa shape index (κ1) is 19.0. The predicted octanol–water partition coefficient (Wildman–Crippen LogP) is 3.07. The van der Waals surface area contributed by atoms with Gasteiger partial charge in [-0.15, -0.1) is 0 Å². The summed E-state index contributed by atoms with van der Waals surface area (Å²) in [6.07, 6.45) is 0.231. The average Bonchev–Trinajstić information content (AvgIpc) is 2.40. The molecule has 1 saturated heterocycles. The van der Waals surface area contributed by atoms with Crippen molar-refractivity contribution in [2.24, 2.45) is 17.0 Å². The zero-order valence-corrected chi connectivity index (χ0v) is 14.1. The number of piperidine rings is 1. The van der Waals surface area contributed by atoms with Gasteiger partial charge in [0.2, 0.25) is 5.91 Å². The molecule has 0 aromatic rings. The lowest BCUT2D eigenvalue weighted by molar-refractivity contribution is -0.142. The largest absolute Gasteiger partial charge is 0.443 e. The lowest BCUT2D eigenvalue weighted by atomic mass is 9.86. The molecule has 0 spiro atoms. The van der Waals surface area contributed by atoms with Gasteiger partial charge >= 0.3 is 6.09 Å². The van der Waals surface area contributed by atoms with Gasteiger partial charge in [0, 0.05) is 23.9 Å². The molecule has 0 aromatic heterocycles. The molecule has 0 aromatic carbocycles. The standard InChI is InChI=1S/C15H24N4O4/c1-10(5-6-17-18-16)7-11-9-19(13(21)8-12(11)20)14(22)23-15(2,3)4/h10-11H,5-9H2,1-4H3. The number of amides is 2. The van der Waals surface area contributed by atoms with Crippen molar-refractivity contribution in [2.45, 2.75) is 52.6 Å². The Bertz CT molecular complexity index is 520. The molecular formula is C15H24N4O4. The second-order valence-electron chi connectivity index (χ2n) is 6.91. The maximum atomic E-state index is 12.1. The smallest absolute Gasteiger partial charge is 0.417 e. The van der Waals surface area contributed by atoms with Gasteiger partial charge < -0.3 is 4.74 Å². The van der Waals surface area contributed by atoms with E-state index in [4.69, 9.17) is 10.3 Å². The van der Waals surface area contributed by atoms with Crippen LogP contribution in [-0.2, 0) is 14.3 Å². The predicted molar refractivity (Wildman–Crippen MR) is 83.5 cm³/mol. The second-order valence-corrected chi connectivity index (χ2v) is 6.91. The number of carbonyl (C=O) groups is 3. The van der Waals surface area contributed by atoms with Crippen molar-refractivity contribution in [3.05, 3.63) is 10.4 Å². The highest BCUT2D eigenvalue weighted by atomic mass is 16.6. The number of hydrogen-bond acceptors (Lipinski definition) is 5. The van der Waals surface area contributed by atoms with E-state index in [1.54, 1.807) is 20.8 Å². The summed E-state index contributed by atoms with van der Waals surface area (Å²) in [6.45, 7) is 7.54. The summed E-state index contributed by atoms with van der Waals surface area (Å²) in [6, 6.07) is 0. The fourth-order valence-corrected chi connectivity index (χ4v) is 2.44. The third kappa shape index (κ3) is 6.28. The van der Waals surface area contributed by atoms with Crippen molar-refractivity contribution in [1.82, 2.24) is 4.90 Å². The SMILES string of the molecule is CC(CCN=[N+]=[N-])CC1CN(C(=O)OC(C)(C)C)C(=O)CC1=O. The number of Topliss-reactive ketones (excluding diaryl/α,β-unsaturated/α-hetero) is 1. The van der Waals surface area contributed by atoms with Crippen LogP contribution < -0.4 is 0 Å². The molecule has 8 nitrogen and oxygen atoms in total. The molecule has 1 aliphatic heterocycles. The van der Waals surface area contributed by atoms with Crippen LogP contribution in [0.15, 0.2) is 5.11 Å². The van der Waals surface area contributed by atoms with Crippen molar-refractivity contribution < 1.29 is 19.1 Å². The Labute approximate surface area is 135 Å². The van der Waals surface area contributed by atoms with Crippen LogP contribution >= 0.6 is 0 Å². The number of hydrogen-bond donors (Lipinski definition) is 0. The van der Waals surface area contributed by atoms with E-state index in [1.165, 1.54) is 0 Å². The molecule has 0 saturated carbocycles. The molecule has 0 bridgehead atoms. The summed E-state index contributed by atoms with van der Waals surface area (Å²) in [5.41, 5.74) is 7.57. The number of ether oxygens (including phenoxy) is 1. The summed E-state index contributed by atoms with van der Waals surface area (Å²) in [5, 5.41) is 3.48. The van der Waals surface area contributed by atoms with Crippen LogP contribution in [0.3, 0.4) is 0 Å². The minimum Gasteiger partial charge on any atom is -0.443 e. The molecule has 0 N–H and O–H groups in total. The van der Waals surface area contributed by atoms with Crippen LogP contribution in [0.1, 0.15) is 47.0 Å². The van der Waals surface area contributed by atoms with E-state index in [0.717, 1.165) is 4.90 Å². The first-order valence-electron chi connectivity index (χ1n) is 7.71. The zero-order chi connectivity index (χ0) is 17.6. The summed E-state index contributed by atoms with van der Waals surface area (Å²) < 4.78 is 5.22. The van der Waals surface area contributed by atoms with Crippen molar-refractivity contribution in [2.75, 3.05) is 13.1 Å². The van der Waals surface area contributed by atoms with Gasteiger partial charge in [-0.3, -0.25) is 9.59 Å². The molecular weight excluding hydrogens is 300 g/mol. The quantitative estimate of drug-likeness (QED) is 0.334. The van der Waals surface area contributed by atoms with Crippen molar-refractivity contribution in [3.63, 3.8) is 0 Å². The van der Waals surface area contributed by atoms with Crippen molar-refractivity contribution in [1.29, 1.82) is 0 Å². The van der Waals surface area contributed by atoms with Crippen LogP contribution in [0.4, 0.5) is 4.79 Å². The summed E-state index contributed by atoms with van der Waals surface area (Å²) >= 11 is 0. The van der Waals surface area contributed by atoms with Gasteiger partial charge in [0.05, 0.1) is 6.42 Å². The number of rotatable bonds is 5. The molecule has 1 aliphatic rings. The van der Waals surface area contributed by atoms with E-state index in [2.05, 4.69) is 10.0 Å². The maximum absolute atomic E-state index is 12.1. The number of imide groups is 1. The van der Waals surface area contributed by atoms with E-state index >= 15 is 0 Å². The zero-order valence-electron chi connectivity index (χ0n) is 14.1. The third-order valence-corrected chi connectivity index (χ3v) is 3.57. The minimum absolute atomic E-state index is 0.0540. The van der Waals surface area contributed by atoms with E-state index in [9.17, 15) is 14.4 Å². The van der Waals surface area contributed by atoms with Gasteiger partial charge in [0.15, 0.2) is 0 Å². The van der Waals surface area contributed by atoms with Crippen molar-refractivity contribution >= 4 is 17.8 Å². The molecule has 0 aliphatic carbocycles. The fourth-order valence-electron chi connectivity index (χ4n) is 2.44. The van der Waals surface area contributed by atoms with Gasteiger partial charge in [-0.25, -0.2) is 9.69 Å². The Kier molecular flexibility index (Phi) is 6.57. The summed E-state index contributed by atoms with van der Waals surface area (Å²) in [7, 11) is 0. The van der Waals surface area contributed by atoms with Crippen LogP contribution in [-0.4, -0.2) is 41.4 Å². The molecule has 8 heteroatoms. The highest BCUT2D eigenvalue weighted by molar-refractivity contribution is 6.06. The highest BCUT2D eigenvalue weighted by Crippen LogP contribution is 2.24. The molecule has 23 heavy (non-hydrogen) atoms. The Morgan fingerprint density at radius 3 is 2.70 bits per heavy atom. The number of ketones is 1. The van der Waals surface area contributed by atoms with Gasteiger partial charge in [-0.1, -0.05) is 12.0 Å². The molecule has 1 fully saturated rings. The summed E-state index contributed by atoms with van der Waals surface area (Å²) in [4.78, 5) is 39.8. The summed E-state index contributed by atoms with van der Waals surface area (Å²) in [5.74, 6) is -0.892. The van der Waals surface area contributed by atoms with Gasteiger partial charge in [-0.2, -0.15) is 0 Å². The van der Waals surface area contributed by atoms with Gasteiger partial charge in [-0.05, 0) is 45.1 Å². The Morgan fingerprint density at radius 1 is 1.48 bits per heavy atom. The van der Waals surface area contributed by atoms with Crippen LogP contribution in [0.25, 0.3) is 10.4 Å². The maximum Gasteiger partial charge on any atom is 0.417 e. The molecule has 1 heterocycles. The molecule has 0 radical (unpaired) electrons. The molecule has 2 amide bonds. The number of nitrogens with zero attached hydrogens (tertiary/aromatic N) is 4. The van der Waals surface area contributed by atoms with Crippen molar-refractivity contribution in [3.8, 4) is 0 Å². The average molecular weight is 324 g/mol. The Hall–Kier alpha value is -2.08. The highest BCUT2D eigenvalue weighted by Gasteiger charge is 2.38. The monoisotopic (exact) mass is 324 g/mol. The second kappa shape index (κ2) is 7.97. The lowest BCUT2D eigenvalue weighted by Gasteiger charge is -2.32. The van der Waals surface area contributed by atoms with E-state index in [-0.39, 0.29) is 30.6 Å². The van der Waals surface area contributed by atoms with Crippen LogP contribution in [0, 0.1) is 11.8 Å². The minimum atomic E-state index is -0.707. The van der Waals surface area contributed by atoms with E-state index < -0.39 is 17.6 Å². The third-order valence-electron chi connectivity index (χ3n) is 3.57. The fraction of sp³-hybridized carbons (Fsp3) is 0.800. The first-order chi connectivity index (χ1) is 10.6. The molecule has 2 unspecified atom stereocenters. The topological polar surface area (TPSA) is 112 Å². The number of azide groups is 1. The molecule has 1 rings (SSSR count).